The Bertz CT molecular complexity index is 427. The standard InChI is InChI=1S/C11H13N3O/c1-2-9-11(12-5-1)14-10(13-9)8-3-6-15-7-4-8/h1-2,5,8H,3-4,6-7H2,(H,12,13,14). The van der Waals surface area contributed by atoms with Crippen LogP contribution in [0.3, 0.4) is 0 Å². The number of ether oxygens (including phenoxy) is 1. The molecule has 0 amide bonds. The van der Waals surface area contributed by atoms with Crippen molar-refractivity contribution in [3.05, 3.63) is 24.2 Å². The predicted octanol–water partition coefficient (Wildman–Crippen LogP) is 1.85. The first-order chi connectivity index (χ1) is 7.43. The Balaban J connectivity index is 1.96. The smallest absolute Gasteiger partial charge is 0.177 e. The molecule has 0 aromatic carbocycles. The Morgan fingerprint density at radius 3 is 3.00 bits per heavy atom. The minimum atomic E-state index is 0.507. The fraction of sp³-hybridized carbons (Fsp3) is 0.455. The summed E-state index contributed by atoms with van der Waals surface area (Å²) in [7, 11) is 0. The van der Waals surface area contributed by atoms with Crippen LogP contribution in [0.4, 0.5) is 0 Å². The summed E-state index contributed by atoms with van der Waals surface area (Å²) in [6.07, 6.45) is 3.89. The summed E-state index contributed by atoms with van der Waals surface area (Å²) in [5, 5.41) is 0. The van der Waals surface area contributed by atoms with Crippen molar-refractivity contribution in [2.45, 2.75) is 18.8 Å². The minimum Gasteiger partial charge on any atom is -0.381 e. The highest BCUT2D eigenvalue weighted by molar-refractivity contribution is 5.70. The maximum Gasteiger partial charge on any atom is 0.177 e. The molecule has 3 rings (SSSR count). The largest absolute Gasteiger partial charge is 0.381 e. The third kappa shape index (κ3) is 1.61. The van der Waals surface area contributed by atoms with Gasteiger partial charge in [-0.25, -0.2) is 9.97 Å². The van der Waals surface area contributed by atoms with E-state index >= 15 is 0 Å². The Morgan fingerprint density at radius 2 is 2.20 bits per heavy atom. The first kappa shape index (κ1) is 8.85. The lowest BCUT2D eigenvalue weighted by Gasteiger charge is -2.19. The molecule has 0 atom stereocenters. The molecule has 1 aliphatic rings. The number of pyridine rings is 1. The van der Waals surface area contributed by atoms with Crippen LogP contribution in [-0.4, -0.2) is 28.2 Å². The second kappa shape index (κ2) is 3.62. The molecule has 0 radical (unpaired) electrons. The highest BCUT2D eigenvalue weighted by atomic mass is 16.5. The van der Waals surface area contributed by atoms with Crippen LogP contribution >= 0.6 is 0 Å². The average molecular weight is 203 g/mol. The Morgan fingerprint density at radius 1 is 1.33 bits per heavy atom. The molecule has 2 aromatic rings. The normalized spacial score (nSPS) is 18.4. The molecule has 0 unspecified atom stereocenters. The third-order valence-corrected chi connectivity index (χ3v) is 2.88. The maximum atomic E-state index is 5.34. The van der Waals surface area contributed by atoms with Crippen molar-refractivity contribution >= 4 is 11.2 Å². The summed E-state index contributed by atoms with van der Waals surface area (Å²) in [6, 6.07) is 3.94. The number of fused-ring (bicyclic) bond motifs is 1. The molecular weight excluding hydrogens is 190 g/mol. The van der Waals surface area contributed by atoms with Gasteiger partial charge in [-0.05, 0) is 25.0 Å². The van der Waals surface area contributed by atoms with Crippen molar-refractivity contribution in [2.24, 2.45) is 0 Å². The fourth-order valence-electron chi connectivity index (χ4n) is 2.03. The van der Waals surface area contributed by atoms with E-state index in [2.05, 4.69) is 15.0 Å². The quantitative estimate of drug-likeness (QED) is 0.769. The number of hydrogen-bond donors (Lipinski definition) is 1. The number of hydrogen-bond acceptors (Lipinski definition) is 3. The molecule has 15 heavy (non-hydrogen) atoms. The third-order valence-electron chi connectivity index (χ3n) is 2.88. The second-order valence-electron chi connectivity index (χ2n) is 3.88. The molecule has 2 aromatic heterocycles. The van der Waals surface area contributed by atoms with Crippen LogP contribution in [0.25, 0.3) is 11.2 Å². The summed E-state index contributed by atoms with van der Waals surface area (Å²) in [6.45, 7) is 1.68. The van der Waals surface area contributed by atoms with Gasteiger partial charge in [0.1, 0.15) is 5.82 Å². The molecule has 0 aliphatic carbocycles. The van der Waals surface area contributed by atoms with E-state index in [0.29, 0.717) is 5.92 Å². The van der Waals surface area contributed by atoms with Crippen LogP contribution in [0.5, 0.6) is 0 Å². The molecular formula is C11H13N3O. The topological polar surface area (TPSA) is 50.8 Å². The van der Waals surface area contributed by atoms with Crippen LogP contribution in [0.2, 0.25) is 0 Å². The number of nitrogens with one attached hydrogen (secondary N) is 1. The summed E-state index contributed by atoms with van der Waals surface area (Å²) in [4.78, 5) is 12.1. The van der Waals surface area contributed by atoms with Crippen molar-refractivity contribution in [3.8, 4) is 0 Å². The Labute approximate surface area is 87.7 Å². The predicted molar refractivity (Wildman–Crippen MR) is 56.7 cm³/mol. The van der Waals surface area contributed by atoms with E-state index in [1.165, 1.54) is 0 Å². The monoisotopic (exact) mass is 203 g/mol. The summed E-state index contributed by atoms with van der Waals surface area (Å²) < 4.78 is 5.34. The summed E-state index contributed by atoms with van der Waals surface area (Å²) in [5.74, 6) is 1.57. The van der Waals surface area contributed by atoms with Gasteiger partial charge in [0.2, 0.25) is 0 Å². The van der Waals surface area contributed by atoms with E-state index in [-0.39, 0.29) is 0 Å². The SMILES string of the molecule is c1cnc2nc(C3CCOCC3)[nH]c2c1. The zero-order valence-corrected chi connectivity index (χ0v) is 8.44. The molecule has 0 spiro atoms. The van der Waals surface area contributed by atoms with Gasteiger partial charge in [-0.1, -0.05) is 0 Å². The molecule has 0 saturated carbocycles. The Hall–Kier alpha value is -1.42. The van der Waals surface area contributed by atoms with Crippen LogP contribution in [-0.2, 0) is 4.74 Å². The van der Waals surface area contributed by atoms with E-state index in [0.717, 1.165) is 43.0 Å². The lowest BCUT2D eigenvalue weighted by Crippen LogP contribution is -2.15. The van der Waals surface area contributed by atoms with Gasteiger partial charge in [0.05, 0.1) is 5.52 Å². The molecule has 4 heteroatoms. The van der Waals surface area contributed by atoms with E-state index in [4.69, 9.17) is 4.74 Å². The van der Waals surface area contributed by atoms with Crippen LogP contribution in [0.15, 0.2) is 18.3 Å². The number of rotatable bonds is 1. The van der Waals surface area contributed by atoms with Crippen LogP contribution in [0, 0.1) is 0 Å². The molecule has 3 heterocycles. The summed E-state index contributed by atoms with van der Waals surface area (Å²) in [5.41, 5.74) is 1.85. The van der Waals surface area contributed by atoms with E-state index < -0.39 is 0 Å². The van der Waals surface area contributed by atoms with E-state index in [1.54, 1.807) is 6.20 Å². The first-order valence-corrected chi connectivity index (χ1v) is 5.32. The Kier molecular flexibility index (Phi) is 2.14. The van der Waals surface area contributed by atoms with Crippen molar-refractivity contribution < 1.29 is 4.74 Å². The molecule has 4 nitrogen and oxygen atoms in total. The van der Waals surface area contributed by atoms with Gasteiger partial charge in [-0.3, -0.25) is 0 Å². The van der Waals surface area contributed by atoms with Gasteiger partial charge in [0.15, 0.2) is 5.65 Å². The highest BCUT2D eigenvalue weighted by Gasteiger charge is 2.19. The van der Waals surface area contributed by atoms with E-state index in [9.17, 15) is 0 Å². The molecule has 1 fully saturated rings. The van der Waals surface area contributed by atoms with E-state index in [1.807, 2.05) is 12.1 Å². The molecule has 0 bridgehead atoms. The molecule has 78 valence electrons. The zero-order chi connectivity index (χ0) is 10.1. The lowest BCUT2D eigenvalue weighted by atomic mass is 10.00. The van der Waals surface area contributed by atoms with Gasteiger partial charge in [-0.15, -0.1) is 0 Å². The number of imidazole rings is 1. The number of nitrogens with zero attached hydrogens (tertiary/aromatic N) is 2. The zero-order valence-electron chi connectivity index (χ0n) is 8.44. The number of aromatic nitrogens is 3. The van der Waals surface area contributed by atoms with Gasteiger partial charge in [0.25, 0.3) is 0 Å². The summed E-state index contributed by atoms with van der Waals surface area (Å²) >= 11 is 0. The van der Waals surface area contributed by atoms with Crippen LogP contribution < -0.4 is 0 Å². The molecule has 1 saturated heterocycles. The highest BCUT2D eigenvalue weighted by Crippen LogP contribution is 2.25. The van der Waals surface area contributed by atoms with Crippen molar-refractivity contribution in [1.82, 2.24) is 15.0 Å². The first-order valence-electron chi connectivity index (χ1n) is 5.32. The van der Waals surface area contributed by atoms with Crippen molar-refractivity contribution in [2.75, 3.05) is 13.2 Å². The second-order valence-corrected chi connectivity index (χ2v) is 3.88. The number of aromatic amines is 1. The maximum absolute atomic E-state index is 5.34. The van der Waals surface area contributed by atoms with Crippen LogP contribution in [0.1, 0.15) is 24.6 Å². The van der Waals surface area contributed by atoms with Gasteiger partial charge >= 0.3 is 0 Å². The molecule has 1 N–H and O–H groups in total. The fourth-order valence-corrected chi connectivity index (χ4v) is 2.03. The van der Waals surface area contributed by atoms with Crippen molar-refractivity contribution in [1.29, 1.82) is 0 Å². The average Bonchev–Trinajstić information content (AvgIpc) is 2.74. The molecule has 1 aliphatic heterocycles. The van der Waals surface area contributed by atoms with Gasteiger partial charge in [0, 0.05) is 25.3 Å². The minimum absolute atomic E-state index is 0.507. The lowest BCUT2D eigenvalue weighted by molar-refractivity contribution is 0.0838. The number of H-pyrrole nitrogens is 1. The van der Waals surface area contributed by atoms with Crippen molar-refractivity contribution in [3.63, 3.8) is 0 Å². The van der Waals surface area contributed by atoms with Gasteiger partial charge in [-0.2, -0.15) is 0 Å². The van der Waals surface area contributed by atoms with Gasteiger partial charge < -0.3 is 9.72 Å².